The highest BCUT2D eigenvalue weighted by atomic mass is 35.5. The van der Waals surface area contributed by atoms with Crippen molar-refractivity contribution in [3.63, 3.8) is 0 Å². The van der Waals surface area contributed by atoms with Gasteiger partial charge < -0.3 is 5.32 Å². The van der Waals surface area contributed by atoms with E-state index in [9.17, 15) is 13.2 Å². The molecule has 6 heteroatoms. The molecule has 0 saturated carbocycles. The van der Waals surface area contributed by atoms with E-state index in [2.05, 4.69) is 5.32 Å². The number of benzene rings is 1. The van der Waals surface area contributed by atoms with Crippen LogP contribution in [-0.2, 0) is 0 Å². The Bertz CT molecular complexity index is 417. The molecule has 0 spiro atoms. The molecule has 1 heterocycles. The zero-order chi connectivity index (χ0) is 13.9. The van der Waals surface area contributed by atoms with Gasteiger partial charge in [0.15, 0.2) is 0 Å². The SMILES string of the molecule is FC(F)(F)C[C@H](c1ccccc1Cl)N1CCNCC1. The van der Waals surface area contributed by atoms with Crippen LogP contribution >= 0.6 is 11.6 Å². The molecule has 0 unspecified atom stereocenters. The van der Waals surface area contributed by atoms with Crippen molar-refractivity contribution in [2.24, 2.45) is 0 Å². The van der Waals surface area contributed by atoms with Crippen molar-refractivity contribution < 1.29 is 13.2 Å². The van der Waals surface area contributed by atoms with E-state index in [1.807, 2.05) is 4.90 Å². The molecule has 0 aromatic heterocycles. The number of nitrogens with zero attached hydrogens (tertiary/aromatic N) is 1. The van der Waals surface area contributed by atoms with Gasteiger partial charge in [0.2, 0.25) is 0 Å². The molecule has 1 atom stereocenters. The summed E-state index contributed by atoms with van der Waals surface area (Å²) < 4.78 is 38.4. The van der Waals surface area contributed by atoms with Crippen molar-refractivity contribution in [3.8, 4) is 0 Å². The number of halogens is 4. The van der Waals surface area contributed by atoms with Gasteiger partial charge in [-0.3, -0.25) is 4.90 Å². The van der Waals surface area contributed by atoms with Gasteiger partial charge in [0, 0.05) is 37.2 Å². The second-order valence-corrected chi connectivity index (χ2v) is 5.05. The van der Waals surface area contributed by atoms with E-state index in [0.29, 0.717) is 36.8 Å². The summed E-state index contributed by atoms with van der Waals surface area (Å²) in [4.78, 5) is 1.85. The van der Waals surface area contributed by atoms with Crippen LogP contribution in [0, 0.1) is 0 Å². The predicted molar refractivity (Wildman–Crippen MR) is 69.3 cm³/mol. The lowest BCUT2D eigenvalue weighted by Crippen LogP contribution is -2.46. The number of piperazine rings is 1. The summed E-state index contributed by atoms with van der Waals surface area (Å²) in [6.45, 7) is 2.62. The first-order valence-corrected chi connectivity index (χ1v) is 6.61. The molecule has 1 fully saturated rings. The highest BCUT2D eigenvalue weighted by Gasteiger charge is 2.36. The number of rotatable bonds is 3. The number of hydrogen-bond acceptors (Lipinski definition) is 2. The maximum Gasteiger partial charge on any atom is 0.390 e. The van der Waals surface area contributed by atoms with Gasteiger partial charge in [-0.25, -0.2) is 0 Å². The van der Waals surface area contributed by atoms with Crippen LogP contribution < -0.4 is 5.32 Å². The molecule has 2 rings (SSSR count). The molecule has 1 saturated heterocycles. The van der Waals surface area contributed by atoms with E-state index < -0.39 is 18.6 Å². The molecule has 2 nitrogen and oxygen atoms in total. The monoisotopic (exact) mass is 292 g/mol. The standard InChI is InChI=1S/C13H16ClF3N2/c14-11-4-2-1-3-10(11)12(9-13(15,16)17)19-7-5-18-6-8-19/h1-4,12,18H,5-9H2/t12-/m1/s1. The van der Waals surface area contributed by atoms with Gasteiger partial charge in [-0.1, -0.05) is 29.8 Å². The van der Waals surface area contributed by atoms with E-state index in [-0.39, 0.29) is 0 Å². The van der Waals surface area contributed by atoms with Gasteiger partial charge in [-0.15, -0.1) is 0 Å². The predicted octanol–water partition coefficient (Wildman–Crippen LogP) is 3.24. The third-order valence-electron chi connectivity index (χ3n) is 3.28. The van der Waals surface area contributed by atoms with Gasteiger partial charge in [-0.05, 0) is 11.6 Å². The topological polar surface area (TPSA) is 15.3 Å². The Balaban J connectivity index is 2.25. The second kappa shape index (κ2) is 6.11. The minimum atomic E-state index is -4.20. The van der Waals surface area contributed by atoms with E-state index in [4.69, 9.17) is 11.6 Å². The highest BCUT2D eigenvalue weighted by Crippen LogP contribution is 2.36. The Labute approximate surface area is 115 Å². The molecular weight excluding hydrogens is 277 g/mol. The van der Waals surface area contributed by atoms with Crippen LogP contribution in [0.5, 0.6) is 0 Å². The fourth-order valence-corrected chi connectivity index (χ4v) is 2.66. The maximum absolute atomic E-state index is 12.8. The first-order chi connectivity index (χ1) is 8.97. The maximum atomic E-state index is 12.8. The van der Waals surface area contributed by atoms with Crippen LogP contribution in [0.15, 0.2) is 24.3 Å². The minimum absolute atomic E-state index is 0.398. The van der Waals surface area contributed by atoms with Gasteiger partial charge in [0.1, 0.15) is 0 Å². The van der Waals surface area contributed by atoms with E-state index in [0.717, 1.165) is 0 Å². The fraction of sp³-hybridized carbons (Fsp3) is 0.538. The van der Waals surface area contributed by atoms with Crippen molar-refractivity contribution in [3.05, 3.63) is 34.9 Å². The first kappa shape index (κ1) is 14.6. The fourth-order valence-electron chi connectivity index (χ4n) is 2.39. The Morgan fingerprint density at radius 1 is 1.21 bits per heavy atom. The third-order valence-corrected chi connectivity index (χ3v) is 3.63. The van der Waals surface area contributed by atoms with Crippen molar-refractivity contribution in [2.45, 2.75) is 18.6 Å². The smallest absolute Gasteiger partial charge is 0.314 e. The minimum Gasteiger partial charge on any atom is -0.314 e. The van der Waals surface area contributed by atoms with Crippen LogP contribution in [-0.4, -0.2) is 37.3 Å². The average molecular weight is 293 g/mol. The molecule has 0 amide bonds. The number of nitrogens with one attached hydrogen (secondary N) is 1. The molecule has 1 aromatic rings. The lowest BCUT2D eigenvalue weighted by molar-refractivity contribution is -0.148. The lowest BCUT2D eigenvalue weighted by Gasteiger charge is -2.36. The molecule has 1 aliphatic heterocycles. The van der Waals surface area contributed by atoms with Gasteiger partial charge in [0.25, 0.3) is 0 Å². The molecule has 0 bridgehead atoms. The third kappa shape index (κ3) is 4.09. The average Bonchev–Trinajstić information content (AvgIpc) is 2.37. The second-order valence-electron chi connectivity index (χ2n) is 4.64. The summed E-state index contributed by atoms with van der Waals surface area (Å²) in [6, 6.07) is 6.08. The molecule has 1 aliphatic rings. The zero-order valence-electron chi connectivity index (χ0n) is 10.4. The first-order valence-electron chi connectivity index (χ1n) is 6.23. The summed E-state index contributed by atoms with van der Waals surface area (Å²) in [6.07, 6.45) is -5.06. The summed E-state index contributed by atoms with van der Waals surface area (Å²) in [5, 5.41) is 3.54. The summed E-state index contributed by atoms with van der Waals surface area (Å²) in [5.41, 5.74) is 0.559. The van der Waals surface area contributed by atoms with Crippen LogP contribution in [0.3, 0.4) is 0 Å². The largest absolute Gasteiger partial charge is 0.390 e. The van der Waals surface area contributed by atoms with Gasteiger partial charge >= 0.3 is 6.18 Å². The quantitative estimate of drug-likeness (QED) is 0.920. The Kier molecular flexibility index (Phi) is 4.71. The Morgan fingerprint density at radius 2 is 1.84 bits per heavy atom. The molecule has 1 N–H and O–H groups in total. The molecule has 19 heavy (non-hydrogen) atoms. The highest BCUT2D eigenvalue weighted by molar-refractivity contribution is 6.31. The van der Waals surface area contributed by atoms with Crippen molar-refractivity contribution in [1.29, 1.82) is 0 Å². The normalized spacial score (nSPS) is 19.4. The van der Waals surface area contributed by atoms with Crippen molar-refractivity contribution in [2.75, 3.05) is 26.2 Å². The van der Waals surface area contributed by atoms with Crippen molar-refractivity contribution >= 4 is 11.6 Å². The summed E-state index contributed by atoms with van der Waals surface area (Å²) in [7, 11) is 0. The molecule has 106 valence electrons. The number of alkyl halides is 3. The van der Waals surface area contributed by atoms with Crippen LogP contribution in [0.4, 0.5) is 13.2 Å². The van der Waals surface area contributed by atoms with Crippen LogP contribution in [0.25, 0.3) is 0 Å². The zero-order valence-corrected chi connectivity index (χ0v) is 11.1. The van der Waals surface area contributed by atoms with Gasteiger partial charge in [-0.2, -0.15) is 13.2 Å². The van der Waals surface area contributed by atoms with Crippen molar-refractivity contribution in [1.82, 2.24) is 10.2 Å². The lowest BCUT2D eigenvalue weighted by atomic mass is 10.0. The molecule has 1 aromatic carbocycles. The Hall–Kier alpha value is -0.780. The number of hydrogen-bond donors (Lipinski definition) is 1. The summed E-state index contributed by atoms with van der Waals surface area (Å²) >= 11 is 6.06. The van der Waals surface area contributed by atoms with Crippen LogP contribution in [0.2, 0.25) is 5.02 Å². The van der Waals surface area contributed by atoms with Gasteiger partial charge in [0.05, 0.1) is 6.42 Å². The van der Waals surface area contributed by atoms with E-state index in [1.165, 1.54) is 0 Å². The molecular formula is C13H16ClF3N2. The summed E-state index contributed by atoms with van der Waals surface area (Å²) in [5.74, 6) is 0. The molecule has 0 aliphatic carbocycles. The van der Waals surface area contributed by atoms with Crippen LogP contribution in [0.1, 0.15) is 18.0 Å². The van der Waals surface area contributed by atoms with E-state index >= 15 is 0 Å². The Morgan fingerprint density at radius 3 is 2.42 bits per heavy atom. The molecule has 0 radical (unpaired) electrons. The van der Waals surface area contributed by atoms with E-state index in [1.54, 1.807) is 24.3 Å².